The Morgan fingerprint density at radius 3 is 2.73 bits per heavy atom. The van der Waals surface area contributed by atoms with Gasteiger partial charge >= 0.3 is 0 Å². The lowest BCUT2D eigenvalue weighted by Gasteiger charge is -2.11. The van der Waals surface area contributed by atoms with Gasteiger partial charge in [-0.15, -0.1) is 0 Å². The van der Waals surface area contributed by atoms with Crippen molar-refractivity contribution in [3.63, 3.8) is 0 Å². The third-order valence-corrected chi connectivity index (χ3v) is 1.99. The van der Waals surface area contributed by atoms with E-state index in [1.807, 2.05) is 26.0 Å². The van der Waals surface area contributed by atoms with Gasteiger partial charge in [0, 0.05) is 6.04 Å². The molecule has 0 bridgehead atoms. The molecule has 4 heteroatoms. The van der Waals surface area contributed by atoms with E-state index in [0.717, 1.165) is 0 Å². The number of carbonyl (C=O) groups is 1. The molecule has 1 aromatic carbocycles. The highest BCUT2D eigenvalue weighted by Gasteiger charge is 2.12. The number of hydrogen-bond acceptors (Lipinski definition) is 2. The van der Waals surface area contributed by atoms with Crippen LogP contribution in [0.25, 0.3) is 0 Å². The van der Waals surface area contributed by atoms with E-state index in [9.17, 15) is 4.79 Å². The molecule has 82 valence electrons. The Bertz CT molecular complexity index is 339. The molecular formula is C11H14BrNO2. The number of halogens is 1. The van der Waals surface area contributed by atoms with E-state index >= 15 is 0 Å². The molecule has 0 spiro atoms. The topological polar surface area (TPSA) is 38.3 Å². The van der Waals surface area contributed by atoms with E-state index in [2.05, 4.69) is 21.2 Å². The Morgan fingerprint density at radius 2 is 2.13 bits per heavy atom. The van der Waals surface area contributed by atoms with Crippen LogP contribution in [0.15, 0.2) is 24.3 Å². The van der Waals surface area contributed by atoms with Crippen molar-refractivity contribution in [1.29, 1.82) is 0 Å². The molecule has 0 saturated heterocycles. The molecule has 0 fully saturated rings. The van der Waals surface area contributed by atoms with Crippen molar-refractivity contribution in [2.24, 2.45) is 0 Å². The summed E-state index contributed by atoms with van der Waals surface area (Å²) in [4.78, 5) is 11.7. The molecule has 1 N–H and O–H groups in total. The Hall–Kier alpha value is -1.03. The first kappa shape index (κ1) is 12.0. The SMILES string of the molecule is CC(C)NC(=O)c1ccccc1OCBr. The molecule has 1 aromatic rings. The number of hydrogen-bond donors (Lipinski definition) is 1. The summed E-state index contributed by atoms with van der Waals surface area (Å²) < 4.78 is 5.30. The Kier molecular flexibility index (Phi) is 4.62. The van der Waals surface area contributed by atoms with Crippen LogP contribution in [0.5, 0.6) is 5.75 Å². The van der Waals surface area contributed by atoms with Crippen LogP contribution in [-0.4, -0.2) is 17.5 Å². The average molecular weight is 272 g/mol. The molecule has 0 radical (unpaired) electrons. The fourth-order valence-corrected chi connectivity index (χ4v) is 1.43. The molecule has 15 heavy (non-hydrogen) atoms. The zero-order valence-corrected chi connectivity index (χ0v) is 10.4. The van der Waals surface area contributed by atoms with E-state index < -0.39 is 0 Å². The minimum absolute atomic E-state index is 0.110. The summed E-state index contributed by atoms with van der Waals surface area (Å²) in [6.45, 7) is 3.84. The van der Waals surface area contributed by atoms with Crippen LogP contribution >= 0.6 is 15.9 Å². The van der Waals surface area contributed by atoms with Crippen LogP contribution in [0.4, 0.5) is 0 Å². The van der Waals surface area contributed by atoms with Gasteiger partial charge in [0.05, 0.1) is 5.56 Å². The second-order valence-corrected chi connectivity index (χ2v) is 3.84. The minimum atomic E-state index is -0.110. The van der Waals surface area contributed by atoms with Crippen LogP contribution in [0.3, 0.4) is 0 Å². The molecule has 0 atom stereocenters. The lowest BCUT2D eigenvalue weighted by molar-refractivity contribution is 0.0940. The molecular weight excluding hydrogens is 258 g/mol. The monoisotopic (exact) mass is 271 g/mol. The summed E-state index contributed by atoms with van der Waals surface area (Å²) in [6.07, 6.45) is 0. The van der Waals surface area contributed by atoms with E-state index in [1.54, 1.807) is 12.1 Å². The number of amides is 1. The van der Waals surface area contributed by atoms with E-state index in [4.69, 9.17) is 4.74 Å². The minimum Gasteiger partial charge on any atom is -0.482 e. The van der Waals surface area contributed by atoms with Gasteiger partial charge in [0.1, 0.15) is 11.3 Å². The summed E-state index contributed by atoms with van der Waals surface area (Å²) >= 11 is 3.17. The van der Waals surface area contributed by atoms with Crippen LogP contribution in [0, 0.1) is 0 Å². The number of carbonyl (C=O) groups excluding carboxylic acids is 1. The largest absolute Gasteiger partial charge is 0.482 e. The quantitative estimate of drug-likeness (QED) is 0.855. The summed E-state index contributed by atoms with van der Waals surface area (Å²) in [7, 11) is 0. The molecule has 0 heterocycles. The van der Waals surface area contributed by atoms with Gasteiger partial charge < -0.3 is 10.1 Å². The van der Waals surface area contributed by atoms with Gasteiger partial charge in [-0.05, 0) is 41.9 Å². The van der Waals surface area contributed by atoms with Crippen molar-refractivity contribution in [2.75, 3.05) is 5.52 Å². The van der Waals surface area contributed by atoms with E-state index in [0.29, 0.717) is 16.8 Å². The predicted molar refractivity (Wildman–Crippen MR) is 63.5 cm³/mol. The molecule has 0 aliphatic heterocycles. The Balaban J connectivity index is 2.87. The van der Waals surface area contributed by atoms with E-state index in [1.165, 1.54) is 0 Å². The number of nitrogens with one attached hydrogen (secondary N) is 1. The fraction of sp³-hybridized carbons (Fsp3) is 0.364. The zero-order valence-electron chi connectivity index (χ0n) is 8.79. The van der Waals surface area contributed by atoms with Gasteiger partial charge in [0.25, 0.3) is 5.91 Å². The van der Waals surface area contributed by atoms with Crippen molar-refractivity contribution in [3.05, 3.63) is 29.8 Å². The number of alkyl halides is 1. The highest BCUT2D eigenvalue weighted by Crippen LogP contribution is 2.18. The number of para-hydroxylation sites is 1. The fourth-order valence-electron chi connectivity index (χ4n) is 1.18. The van der Waals surface area contributed by atoms with Gasteiger partial charge in [-0.2, -0.15) is 0 Å². The summed E-state index contributed by atoms with van der Waals surface area (Å²) in [6, 6.07) is 7.29. The van der Waals surface area contributed by atoms with Crippen LogP contribution in [0.2, 0.25) is 0 Å². The number of benzene rings is 1. The third kappa shape index (κ3) is 3.55. The maximum Gasteiger partial charge on any atom is 0.255 e. The van der Waals surface area contributed by atoms with Crippen LogP contribution in [-0.2, 0) is 0 Å². The predicted octanol–water partition coefficient (Wildman–Crippen LogP) is 2.56. The molecule has 1 rings (SSSR count). The lowest BCUT2D eigenvalue weighted by Crippen LogP contribution is -2.30. The van der Waals surface area contributed by atoms with Crippen molar-refractivity contribution >= 4 is 21.8 Å². The van der Waals surface area contributed by atoms with Crippen molar-refractivity contribution in [3.8, 4) is 5.75 Å². The normalized spacial score (nSPS) is 10.1. The Morgan fingerprint density at radius 1 is 1.47 bits per heavy atom. The second kappa shape index (κ2) is 5.75. The highest BCUT2D eigenvalue weighted by atomic mass is 79.9. The first-order valence-electron chi connectivity index (χ1n) is 4.73. The van der Waals surface area contributed by atoms with Crippen LogP contribution in [0.1, 0.15) is 24.2 Å². The maximum atomic E-state index is 11.7. The average Bonchev–Trinajstić information content (AvgIpc) is 2.18. The first-order valence-corrected chi connectivity index (χ1v) is 5.86. The summed E-state index contributed by atoms with van der Waals surface area (Å²) in [5.41, 5.74) is 0.935. The van der Waals surface area contributed by atoms with Crippen molar-refractivity contribution < 1.29 is 9.53 Å². The standard InChI is InChI=1S/C11H14BrNO2/c1-8(2)13-11(14)9-5-3-4-6-10(9)15-7-12/h3-6,8H,7H2,1-2H3,(H,13,14). The number of rotatable bonds is 4. The number of ether oxygens (including phenoxy) is 1. The van der Waals surface area contributed by atoms with Crippen molar-refractivity contribution in [1.82, 2.24) is 5.32 Å². The van der Waals surface area contributed by atoms with Gasteiger partial charge in [-0.25, -0.2) is 0 Å². The van der Waals surface area contributed by atoms with Crippen molar-refractivity contribution in [2.45, 2.75) is 19.9 Å². The maximum absolute atomic E-state index is 11.7. The molecule has 0 aromatic heterocycles. The van der Waals surface area contributed by atoms with Gasteiger partial charge in [-0.3, -0.25) is 4.79 Å². The van der Waals surface area contributed by atoms with Gasteiger partial charge in [-0.1, -0.05) is 12.1 Å². The molecule has 3 nitrogen and oxygen atoms in total. The van der Waals surface area contributed by atoms with Gasteiger partial charge in [0.2, 0.25) is 0 Å². The van der Waals surface area contributed by atoms with Gasteiger partial charge in [0.15, 0.2) is 0 Å². The zero-order chi connectivity index (χ0) is 11.3. The highest BCUT2D eigenvalue weighted by molar-refractivity contribution is 9.09. The molecule has 0 aliphatic rings. The molecule has 0 unspecified atom stereocenters. The smallest absolute Gasteiger partial charge is 0.255 e. The third-order valence-electron chi connectivity index (χ3n) is 1.76. The Labute approximate surface area is 97.9 Å². The van der Waals surface area contributed by atoms with Crippen LogP contribution < -0.4 is 10.1 Å². The second-order valence-electron chi connectivity index (χ2n) is 3.38. The molecule has 0 aliphatic carbocycles. The summed E-state index contributed by atoms with van der Waals surface area (Å²) in [5.74, 6) is 0.481. The molecule has 0 saturated carbocycles. The molecule has 1 amide bonds. The first-order chi connectivity index (χ1) is 7.15. The van der Waals surface area contributed by atoms with E-state index in [-0.39, 0.29) is 11.9 Å². The summed E-state index contributed by atoms with van der Waals surface area (Å²) in [5, 5.41) is 2.82. The lowest BCUT2D eigenvalue weighted by atomic mass is 10.2.